The van der Waals surface area contributed by atoms with Crippen molar-refractivity contribution in [3.05, 3.63) is 22.8 Å². The van der Waals surface area contributed by atoms with Crippen LogP contribution in [0, 0.1) is 34.5 Å². The first kappa shape index (κ1) is 19.9. The van der Waals surface area contributed by atoms with E-state index in [2.05, 4.69) is 33.8 Å². The van der Waals surface area contributed by atoms with Crippen molar-refractivity contribution < 1.29 is 24.8 Å². The molecule has 4 aliphatic carbocycles. The van der Waals surface area contributed by atoms with Gasteiger partial charge in [-0.15, -0.1) is 0 Å². The molecule has 0 amide bonds. The van der Waals surface area contributed by atoms with Gasteiger partial charge in [0, 0.05) is 17.3 Å². The van der Waals surface area contributed by atoms with E-state index in [-0.39, 0.29) is 35.4 Å². The van der Waals surface area contributed by atoms with Gasteiger partial charge in [0.05, 0.1) is 18.8 Å². The quantitative estimate of drug-likeness (QED) is 0.573. The van der Waals surface area contributed by atoms with Crippen LogP contribution in [0.5, 0.6) is 0 Å². The normalized spacial score (nSPS) is 56.5. The Kier molecular flexibility index (Phi) is 3.98. The third kappa shape index (κ3) is 2.17. The second kappa shape index (κ2) is 5.99. The van der Waals surface area contributed by atoms with E-state index < -0.39 is 24.1 Å². The fraction of sp³-hybridized carbons (Fsp3) is 0.840. The molecular formula is C25H36O5. The zero-order valence-electron chi connectivity index (χ0n) is 18.6. The SMILES string of the molecule is CC(C)C1=C2[C@H]3CC=C4[C@@H](O)C5(O)COC6O[C@@H]([C@@H]4C6C5O)[C@]3(C)CC[C@@]2(C)CC1. The van der Waals surface area contributed by atoms with Gasteiger partial charge in [0.25, 0.3) is 0 Å². The summed E-state index contributed by atoms with van der Waals surface area (Å²) in [4.78, 5) is 0. The van der Waals surface area contributed by atoms with Crippen LogP contribution in [-0.2, 0) is 9.47 Å². The highest BCUT2D eigenvalue weighted by Crippen LogP contribution is 2.67. The van der Waals surface area contributed by atoms with E-state index in [4.69, 9.17) is 9.47 Å². The molecule has 0 aromatic rings. The molecule has 2 saturated heterocycles. The average molecular weight is 417 g/mol. The summed E-state index contributed by atoms with van der Waals surface area (Å²) >= 11 is 0. The second-order valence-corrected chi connectivity index (χ2v) is 11.8. The van der Waals surface area contributed by atoms with Crippen molar-refractivity contribution in [1.82, 2.24) is 0 Å². The van der Waals surface area contributed by atoms with E-state index in [9.17, 15) is 15.3 Å². The van der Waals surface area contributed by atoms with Crippen molar-refractivity contribution in [3.63, 3.8) is 0 Å². The molecule has 0 radical (unpaired) electrons. The Hall–Kier alpha value is -0.720. The third-order valence-corrected chi connectivity index (χ3v) is 10.1. The first-order chi connectivity index (χ1) is 14.1. The molecule has 4 fully saturated rings. The van der Waals surface area contributed by atoms with Gasteiger partial charge in [0.15, 0.2) is 6.29 Å². The maximum Gasteiger partial charge on any atom is 0.164 e. The number of ether oxygens (including phenoxy) is 2. The van der Waals surface area contributed by atoms with Crippen molar-refractivity contribution in [2.75, 3.05) is 6.61 Å². The molecule has 30 heavy (non-hydrogen) atoms. The predicted octanol–water partition coefficient (Wildman–Crippen LogP) is 2.94. The van der Waals surface area contributed by atoms with Gasteiger partial charge in [0.1, 0.15) is 11.7 Å². The van der Waals surface area contributed by atoms with Crippen LogP contribution in [0.1, 0.15) is 59.8 Å². The highest BCUT2D eigenvalue weighted by molar-refractivity contribution is 5.40. The molecule has 2 heterocycles. The maximum absolute atomic E-state index is 11.2. The maximum atomic E-state index is 11.2. The van der Waals surface area contributed by atoms with Crippen LogP contribution >= 0.6 is 0 Å². The molecule has 5 nitrogen and oxygen atoms in total. The standard InChI is InChI=1S/C25H36O5/c1-12(2)13-7-8-23(3)9-10-24(4)15(18(13)23)6-5-14-16-17-20(27)25(28,19(14)26)11-29-22(17)30-21(16)24/h5,12,15-17,19-22,26-28H,6-11H2,1-4H3/t15-,16+,17?,19-,20?,21+,22?,23-,24-,25?/m1/s1. The molecule has 6 aliphatic rings. The zero-order valence-corrected chi connectivity index (χ0v) is 18.6. The Labute approximate surface area is 179 Å². The van der Waals surface area contributed by atoms with Crippen LogP contribution in [0.3, 0.4) is 0 Å². The van der Waals surface area contributed by atoms with Gasteiger partial charge in [-0.25, -0.2) is 0 Å². The third-order valence-electron chi connectivity index (χ3n) is 10.1. The summed E-state index contributed by atoms with van der Waals surface area (Å²) in [6.45, 7) is 9.37. The van der Waals surface area contributed by atoms with Crippen LogP contribution in [0.2, 0.25) is 0 Å². The van der Waals surface area contributed by atoms with Gasteiger partial charge in [-0.2, -0.15) is 0 Å². The first-order valence-corrected chi connectivity index (χ1v) is 11.9. The topological polar surface area (TPSA) is 79.2 Å². The number of fused-ring (bicyclic) bond motifs is 5. The fourth-order valence-electron chi connectivity index (χ4n) is 8.34. The van der Waals surface area contributed by atoms with Gasteiger partial charge in [-0.3, -0.25) is 0 Å². The Bertz CT molecular complexity index is 846. The van der Waals surface area contributed by atoms with Crippen LogP contribution in [0.15, 0.2) is 22.8 Å². The number of aliphatic hydroxyl groups is 3. The highest BCUT2D eigenvalue weighted by atomic mass is 16.7. The molecule has 3 N–H and O–H groups in total. The lowest BCUT2D eigenvalue weighted by Crippen LogP contribution is -2.68. The number of hydrogen-bond donors (Lipinski definition) is 3. The molecule has 2 bridgehead atoms. The molecule has 4 unspecified atom stereocenters. The van der Waals surface area contributed by atoms with Crippen LogP contribution in [-0.4, -0.2) is 52.1 Å². The van der Waals surface area contributed by atoms with Crippen molar-refractivity contribution in [3.8, 4) is 0 Å². The minimum absolute atomic E-state index is 0.0716. The predicted molar refractivity (Wildman–Crippen MR) is 111 cm³/mol. The van der Waals surface area contributed by atoms with E-state index in [1.807, 2.05) is 0 Å². The van der Waals surface area contributed by atoms with E-state index in [0.29, 0.717) is 11.8 Å². The minimum atomic E-state index is -1.64. The van der Waals surface area contributed by atoms with Crippen molar-refractivity contribution in [2.24, 2.45) is 34.5 Å². The molecule has 0 spiro atoms. The lowest BCUT2D eigenvalue weighted by molar-refractivity contribution is -0.289. The first-order valence-electron chi connectivity index (χ1n) is 11.9. The Morgan fingerprint density at radius 3 is 2.63 bits per heavy atom. The van der Waals surface area contributed by atoms with Crippen molar-refractivity contribution in [1.29, 1.82) is 0 Å². The lowest BCUT2D eigenvalue weighted by Gasteiger charge is -2.54. The van der Waals surface area contributed by atoms with Crippen LogP contribution < -0.4 is 0 Å². The monoisotopic (exact) mass is 416 g/mol. The smallest absolute Gasteiger partial charge is 0.164 e. The second-order valence-electron chi connectivity index (χ2n) is 11.8. The van der Waals surface area contributed by atoms with Gasteiger partial charge in [0.2, 0.25) is 0 Å². The van der Waals surface area contributed by atoms with Gasteiger partial charge in [-0.05, 0) is 54.9 Å². The summed E-state index contributed by atoms with van der Waals surface area (Å²) in [6.07, 6.45) is 5.03. The van der Waals surface area contributed by atoms with E-state index in [0.717, 1.165) is 18.4 Å². The largest absolute Gasteiger partial charge is 0.389 e. The summed E-state index contributed by atoms with van der Waals surface area (Å²) in [5, 5.41) is 33.3. The van der Waals surface area contributed by atoms with Gasteiger partial charge >= 0.3 is 0 Å². The van der Waals surface area contributed by atoms with Gasteiger partial charge in [-0.1, -0.05) is 44.9 Å². The summed E-state index contributed by atoms with van der Waals surface area (Å²) in [5.41, 5.74) is 2.71. The molecule has 0 aromatic heterocycles. The van der Waals surface area contributed by atoms with Crippen molar-refractivity contribution in [2.45, 2.75) is 90.0 Å². The Balaban J connectivity index is 1.52. The molecule has 5 heteroatoms. The molecule has 0 aromatic carbocycles. The Morgan fingerprint density at radius 1 is 1.13 bits per heavy atom. The molecule has 6 rings (SSSR count). The van der Waals surface area contributed by atoms with Crippen LogP contribution in [0.25, 0.3) is 0 Å². The molecule has 2 saturated carbocycles. The lowest BCUT2D eigenvalue weighted by atomic mass is 9.52. The van der Waals surface area contributed by atoms with E-state index in [1.54, 1.807) is 11.1 Å². The summed E-state index contributed by atoms with van der Waals surface area (Å²) in [6, 6.07) is 0. The number of aliphatic hydroxyl groups excluding tert-OH is 2. The van der Waals surface area contributed by atoms with E-state index >= 15 is 0 Å². The number of rotatable bonds is 1. The number of allylic oxidation sites excluding steroid dienone is 3. The fourth-order valence-corrected chi connectivity index (χ4v) is 8.34. The van der Waals surface area contributed by atoms with Crippen molar-refractivity contribution >= 4 is 0 Å². The molecule has 10 atom stereocenters. The minimum Gasteiger partial charge on any atom is -0.389 e. The zero-order chi connectivity index (χ0) is 21.2. The average Bonchev–Trinajstić information content (AvgIpc) is 3.23. The van der Waals surface area contributed by atoms with Crippen LogP contribution in [0.4, 0.5) is 0 Å². The summed E-state index contributed by atoms with van der Waals surface area (Å²) in [5.74, 6) is 0.515. The molecule has 166 valence electrons. The highest BCUT2D eigenvalue weighted by Gasteiger charge is 2.70. The Morgan fingerprint density at radius 2 is 1.90 bits per heavy atom. The van der Waals surface area contributed by atoms with E-state index in [1.165, 1.54) is 19.3 Å². The summed E-state index contributed by atoms with van der Waals surface area (Å²) < 4.78 is 12.5. The molecule has 2 aliphatic heterocycles. The summed E-state index contributed by atoms with van der Waals surface area (Å²) in [7, 11) is 0. The molecular weight excluding hydrogens is 380 g/mol. The van der Waals surface area contributed by atoms with Gasteiger partial charge < -0.3 is 24.8 Å². The number of hydrogen-bond acceptors (Lipinski definition) is 5.